The predicted octanol–water partition coefficient (Wildman–Crippen LogP) is 3.31. The van der Waals surface area contributed by atoms with E-state index in [-0.39, 0.29) is 15.5 Å². The Bertz CT molecular complexity index is 579. The normalized spacial score (nSPS) is 20.4. The molecule has 0 N–H and O–H groups in total. The smallest absolute Gasteiger partial charge is 0.242 e. The third kappa shape index (κ3) is 3.29. The van der Waals surface area contributed by atoms with Crippen LogP contribution in [0.5, 0.6) is 0 Å². The minimum Gasteiger partial charge on any atom is -0.242 e. The van der Waals surface area contributed by atoms with Crippen molar-refractivity contribution in [2.45, 2.75) is 31.6 Å². The van der Waals surface area contributed by atoms with Crippen LogP contribution in [0.2, 0.25) is 5.15 Å². The van der Waals surface area contributed by atoms with Crippen molar-refractivity contribution in [1.29, 1.82) is 0 Å². The standard InChI is InChI=1S/C12H16BrClN2O2S/c1-12(2)3-5-16(6-4-12)19(17,18)10-7-9(13)8-15-11(10)14/h7-8H,3-6H2,1-2H3. The summed E-state index contributed by atoms with van der Waals surface area (Å²) in [5.74, 6) is 0. The van der Waals surface area contributed by atoms with E-state index in [1.54, 1.807) is 0 Å². The van der Waals surface area contributed by atoms with Crippen LogP contribution >= 0.6 is 27.5 Å². The average Bonchev–Trinajstić information content (AvgIpc) is 2.31. The predicted molar refractivity (Wildman–Crippen MR) is 78.7 cm³/mol. The lowest BCUT2D eigenvalue weighted by atomic mass is 9.83. The van der Waals surface area contributed by atoms with Crippen LogP contribution < -0.4 is 0 Å². The van der Waals surface area contributed by atoms with Crippen molar-refractivity contribution in [3.8, 4) is 0 Å². The molecule has 0 aliphatic carbocycles. The van der Waals surface area contributed by atoms with Crippen LogP contribution in [0.1, 0.15) is 26.7 Å². The quantitative estimate of drug-likeness (QED) is 0.754. The Hall–Kier alpha value is -0.170. The first-order chi connectivity index (χ1) is 8.72. The number of piperidine rings is 1. The molecule has 1 saturated heterocycles. The Morgan fingerprint density at radius 2 is 1.95 bits per heavy atom. The molecule has 0 atom stereocenters. The molecule has 19 heavy (non-hydrogen) atoms. The minimum atomic E-state index is -3.56. The molecule has 0 unspecified atom stereocenters. The van der Waals surface area contributed by atoms with Crippen LogP contribution in [0.4, 0.5) is 0 Å². The molecule has 0 amide bonds. The summed E-state index contributed by atoms with van der Waals surface area (Å²) in [4.78, 5) is 3.95. The Kier molecular flexibility index (Phi) is 4.26. The van der Waals surface area contributed by atoms with Gasteiger partial charge in [-0.05, 0) is 40.3 Å². The molecule has 1 aliphatic heterocycles. The van der Waals surface area contributed by atoms with Gasteiger partial charge < -0.3 is 0 Å². The first kappa shape index (κ1) is 15.2. The van der Waals surface area contributed by atoms with Gasteiger partial charge in [0.15, 0.2) is 0 Å². The fraction of sp³-hybridized carbons (Fsp3) is 0.583. The van der Waals surface area contributed by atoms with Crippen LogP contribution in [-0.2, 0) is 10.0 Å². The molecule has 0 spiro atoms. The van der Waals surface area contributed by atoms with Gasteiger partial charge in [0, 0.05) is 23.8 Å². The van der Waals surface area contributed by atoms with Gasteiger partial charge in [0.25, 0.3) is 0 Å². The maximum atomic E-state index is 12.6. The van der Waals surface area contributed by atoms with Gasteiger partial charge in [0.05, 0.1) is 0 Å². The Labute approximate surface area is 127 Å². The average molecular weight is 368 g/mol. The van der Waals surface area contributed by atoms with Gasteiger partial charge in [0.2, 0.25) is 10.0 Å². The molecule has 1 fully saturated rings. The summed E-state index contributed by atoms with van der Waals surface area (Å²) >= 11 is 9.14. The van der Waals surface area contributed by atoms with Crippen molar-refractivity contribution < 1.29 is 8.42 Å². The molecule has 0 saturated carbocycles. The summed E-state index contributed by atoms with van der Waals surface area (Å²) in [6, 6.07) is 1.50. The number of sulfonamides is 1. The van der Waals surface area contributed by atoms with E-state index in [4.69, 9.17) is 11.6 Å². The maximum Gasteiger partial charge on any atom is 0.246 e. The monoisotopic (exact) mass is 366 g/mol. The highest BCUT2D eigenvalue weighted by Crippen LogP contribution is 2.34. The molecule has 1 aliphatic rings. The second kappa shape index (κ2) is 5.31. The van der Waals surface area contributed by atoms with Gasteiger partial charge in [-0.2, -0.15) is 4.31 Å². The topological polar surface area (TPSA) is 50.3 Å². The summed E-state index contributed by atoms with van der Waals surface area (Å²) in [6.45, 7) is 5.37. The highest BCUT2D eigenvalue weighted by Gasteiger charge is 2.34. The Morgan fingerprint density at radius 3 is 2.53 bits per heavy atom. The molecule has 7 heteroatoms. The van der Waals surface area contributed by atoms with Crippen molar-refractivity contribution in [3.63, 3.8) is 0 Å². The van der Waals surface area contributed by atoms with E-state index in [2.05, 4.69) is 34.8 Å². The van der Waals surface area contributed by atoms with E-state index >= 15 is 0 Å². The highest BCUT2D eigenvalue weighted by molar-refractivity contribution is 9.10. The molecule has 4 nitrogen and oxygen atoms in total. The summed E-state index contributed by atoms with van der Waals surface area (Å²) < 4.78 is 27.2. The van der Waals surface area contributed by atoms with Gasteiger partial charge in [-0.1, -0.05) is 25.4 Å². The zero-order chi connectivity index (χ0) is 14.3. The third-order valence-corrected chi connectivity index (χ3v) is 6.23. The van der Waals surface area contributed by atoms with E-state index in [1.807, 2.05) is 0 Å². The van der Waals surface area contributed by atoms with Crippen LogP contribution in [0, 0.1) is 5.41 Å². The minimum absolute atomic E-state index is 0.0213. The fourth-order valence-electron chi connectivity index (χ4n) is 2.06. The summed E-state index contributed by atoms with van der Waals surface area (Å²) in [5.41, 5.74) is 0.200. The fourth-order valence-corrected chi connectivity index (χ4v) is 4.42. The van der Waals surface area contributed by atoms with Crippen LogP contribution in [-0.4, -0.2) is 30.8 Å². The molecule has 2 rings (SSSR count). The van der Waals surface area contributed by atoms with Gasteiger partial charge >= 0.3 is 0 Å². The number of aromatic nitrogens is 1. The second-order valence-corrected chi connectivity index (χ2v) is 8.69. The van der Waals surface area contributed by atoms with E-state index in [0.29, 0.717) is 17.6 Å². The number of rotatable bonds is 2. The van der Waals surface area contributed by atoms with E-state index < -0.39 is 10.0 Å². The van der Waals surface area contributed by atoms with E-state index in [0.717, 1.165) is 12.8 Å². The van der Waals surface area contributed by atoms with Gasteiger partial charge in [-0.25, -0.2) is 13.4 Å². The Balaban J connectivity index is 2.31. The highest BCUT2D eigenvalue weighted by atomic mass is 79.9. The molecule has 0 bridgehead atoms. The van der Waals surface area contributed by atoms with Crippen molar-refractivity contribution in [2.75, 3.05) is 13.1 Å². The summed E-state index contributed by atoms with van der Waals surface area (Å²) in [7, 11) is -3.56. The maximum absolute atomic E-state index is 12.6. The van der Waals surface area contributed by atoms with E-state index in [1.165, 1.54) is 16.6 Å². The van der Waals surface area contributed by atoms with Crippen molar-refractivity contribution >= 4 is 37.6 Å². The zero-order valence-electron chi connectivity index (χ0n) is 10.9. The molecule has 2 heterocycles. The summed E-state index contributed by atoms with van der Waals surface area (Å²) in [5, 5.41) is 0.0213. The first-order valence-corrected chi connectivity index (χ1v) is 8.65. The van der Waals surface area contributed by atoms with Gasteiger partial charge in [0.1, 0.15) is 10.0 Å². The number of hydrogen-bond donors (Lipinski definition) is 0. The summed E-state index contributed by atoms with van der Waals surface area (Å²) in [6.07, 6.45) is 3.19. The van der Waals surface area contributed by atoms with E-state index in [9.17, 15) is 8.42 Å². The van der Waals surface area contributed by atoms with Gasteiger partial charge in [-0.15, -0.1) is 0 Å². The van der Waals surface area contributed by atoms with Crippen molar-refractivity contribution in [2.24, 2.45) is 5.41 Å². The number of hydrogen-bond acceptors (Lipinski definition) is 3. The number of nitrogens with zero attached hydrogens (tertiary/aromatic N) is 2. The lowest BCUT2D eigenvalue weighted by molar-refractivity contribution is 0.196. The molecular formula is C12H16BrClN2O2S. The molecule has 1 aromatic rings. The molecular weight excluding hydrogens is 352 g/mol. The number of halogens is 2. The lowest BCUT2D eigenvalue weighted by Gasteiger charge is -2.36. The molecule has 0 radical (unpaired) electrons. The van der Waals surface area contributed by atoms with Crippen LogP contribution in [0.25, 0.3) is 0 Å². The van der Waals surface area contributed by atoms with Crippen LogP contribution in [0.15, 0.2) is 21.6 Å². The lowest BCUT2D eigenvalue weighted by Crippen LogP contribution is -2.41. The first-order valence-electron chi connectivity index (χ1n) is 6.04. The molecule has 1 aromatic heterocycles. The number of pyridine rings is 1. The van der Waals surface area contributed by atoms with Crippen molar-refractivity contribution in [3.05, 3.63) is 21.9 Å². The zero-order valence-corrected chi connectivity index (χ0v) is 14.0. The largest absolute Gasteiger partial charge is 0.246 e. The molecule has 0 aromatic carbocycles. The van der Waals surface area contributed by atoms with Gasteiger partial charge in [-0.3, -0.25) is 0 Å². The second-order valence-electron chi connectivity index (χ2n) is 5.51. The van der Waals surface area contributed by atoms with Crippen molar-refractivity contribution in [1.82, 2.24) is 9.29 Å². The Morgan fingerprint density at radius 1 is 1.37 bits per heavy atom. The SMILES string of the molecule is CC1(C)CCN(S(=O)(=O)c2cc(Br)cnc2Cl)CC1. The van der Waals surface area contributed by atoms with Crippen LogP contribution in [0.3, 0.4) is 0 Å². The third-order valence-electron chi connectivity index (χ3n) is 3.47. The molecule has 106 valence electrons.